The summed E-state index contributed by atoms with van der Waals surface area (Å²) in [7, 11) is 2.15. The molecule has 2 aromatic carbocycles. The summed E-state index contributed by atoms with van der Waals surface area (Å²) in [4.78, 5) is 16.2. The van der Waals surface area contributed by atoms with Crippen LogP contribution in [0.2, 0.25) is 0 Å². The first-order valence-electron chi connectivity index (χ1n) is 13.9. The quantitative estimate of drug-likeness (QED) is 0.256. The second-order valence-corrected chi connectivity index (χ2v) is 13.2. The van der Waals surface area contributed by atoms with Gasteiger partial charge in [0.25, 0.3) is 0 Å². The van der Waals surface area contributed by atoms with Gasteiger partial charge in [-0.05, 0) is 69.6 Å². The molecule has 0 unspecified atom stereocenters. The van der Waals surface area contributed by atoms with E-state index in [0.29, 0.717) is 45.9 Å². The number of halogens is 2. The van der Waals surface area contributed by atoms with Crippen LogP contribution in [0.3, 0.4) is 0 Å². The average molecular weight is 596 g/mol. The maximum absolute atomic E-state index is 15.2. The Balaban J connectivity index is 1.35. The van der Waals surface area contributed by atoms with Gasteiger partial charge in [0.2, 0.25) is 5.95 Å². The topological polar surface area (TPSA) is 97.3 Å². The minimum absolute atomic E-state index is 0.0532. The number of hydrogen-bond acceptors (Lipinski definition) is 8. The number of ether oxygens (including phenoxy) is 1. The number of pyridine rings is 1. The molecule has 0 bridgehead atoms. The van der Waals surface area contributed by atoms with Crippen molar-refractivity contribution in [3.63, 3.8) is 0 Å². The van der Waals surface area contributed by atoms with E-state index in [9.17, 15) is 12.8 Å². The number of nitrogens with one attached hydrogen (secondary N) is 1. The average Bonchev–Trinajstić information content (AvgIpc) is 2.95. The Morgan fingerprint density at radius 3 is 2.36 bits per heavy atom. The number of aromatic nitrogens is 3. The second-order valence-electron chi connectivity index (χ2n) is 11.1. The van der Waals surface area contributed by atoms with Crippen molar-refractivity contribution in [2.75, 3.05) is 26.5 Å². The number of nitrogens with zero attached hydrogens (tertiary/aromatic N) is 4. The summed E-state index contributed by atoms with van der Waals surface area (Å²) in [5.41, 5.74) is 3.48. The zero-order valence-corrected chi connectivity index (χ0v) is 24.8. The highest BCUT2D eigenvalue weighted by atomic mass is 32.2. The summed E-state index contributed by atoms with van der Waals surface area (Å²) < 4.78 is 59.2. The molecule has 1 N–H and O–H groups in total. The van der Waals surface area contributed by atoms with Gasteiger partial charge in [0.15, 0.2) is 9.84 Å². The van der Waals surface area contributed by atoms with Gasteiger partial charge in [0.1, 0.15) is 17.2 Å². The van der Waals surface area contributed by atoms with E-state index < -0.39 is 27.2 Å². The first kappa shape index (κ1) is 29.9. The molecule has 2 aromatic heterocycles. The van der Waals surface area contributed by atoms with Crippen LogP contribution in [0.4, 0.5) is 14.7 Å². The lowest BCUT2D eigenvalue weighted by Gasteiger charge is -2.32. The Kier molecular flexibility index (Phi) is 9.10. The van der Waals surface area contributed by atoms with E-state index in [1.54, 1.807) is 19.4 Å². The predicted molar refractivity (Wildman–Crippen MR) is 160 cm³/mol. The normalized spacial score (nSPS) is 17.6. The molecule has 222 valence electrons. The van der Waals surface area contributed by atoms with Gasteiger partial charge in [0.05, 0.1) is 35.5 Å². The molecule has 5 rings (SSSR count). The lowest BCUT2D eigenvalue weighted by Crippen LogP contribution is -2.36. The highest BCUT2D eigenvalue weighted by molar-refractivity contribution is 7.89. The molecule has 1 saturated carbocycles. The van der Waals surface area contributed by atoms with Crippen molar-refractivity contribution < 1.29 is 21.9 Å². The fraction of sp³-hybridized carbons (Fsp3) is 0.387. The maximum atomic E-state index is 15.2. The summed E-state index contributed by atoms with van der Waals surface area (Å²) in [5.74, 6) is -1.34. The Morgan fingerprint density at radius 1 is 0.952 bits per heavy atom. The number of benzene rings is 2. The van der Waals surface area contributed by atoms with Crippen molar-refractivity contribution in [3.05, 3.63) is 83.1 Å². The Labute approximate surface area is 245 Å². The van der Waals surface area contributed by atoms with E-state index in [0.717, 1.165) is 31.2 Å². The standard InChI is InChI=1S/C31H35F2N5O3S/c1-38(2)26-12-10-25(11-13-26)35-31-34-16-29-30(37-31)23(17-41-3)15-28(36-29)21-6-7-22(27(33)14-21)19-42(39,40)18-20-4-8-24(32)9-5-20/h4-9,14-16,25-26H,10-13,17-19H2,1-3H3,(H,34,35,37). The third kappa shape index (κ3) is 7.26. The molecule has 4 aromatic rings. The smallest absolute Gasteiger partial charge is 0.223 e. The summed E-state index contributed by atoms with van der Waals surface area (Å²) in [5, 5.41) is 3.47. The van der Waals surface area contributed by atoms with Crippen molar-refractivity contribution in [2.45, 2.75) is 55.9 Å². The number of fused-ring (bicyclic) bond motifs is 1. The largest absolute Gasteiger partial charge is 0.380 e. The van der Waals surface area contributed by atoms with Crippen molar-refractivity contribution >= 4 is 26.8 Å². The summed E-state index contributed by atoms with van der Waals surface area (Å²) in [6.07, 6.45) is 5.98. The van der Waals surface area contributed by atoms with Crippen LogP contribution in [0.25, 0.3) is 22.3 Å². The van der Waals surface area contributed by atoms with Crippen LogP contribution >= 0.6 is 0 Å². The van der Waals surface area contributed by atoms with E-state index in [1.807, 2.05) is 6.07 Å². The number of sulfone groups is 1. The first-order chi connectivity index (χ1) is 20.1. The highest BCUT2D eigenvalue weighted by Crippen LogP contribution is 2.28. The monoisotopic (exact) mass is 595 g/mol. The van der Waals surface area contributed by atoms with Gasteiger partial charge in [-0.1, -0.05) is 24.3 Å². The lowest BCUT2D eigenvalue weighted by atomic mass is 9.91. The fourth-order valence-electron chi connectivity index (χ4n) is 5.44. The van der Waals surface area contributed by atoms with Gasteiger partial charge in [-0.15, -0.1) is 0 Å². The van der Waals surface area contributed by atoms with Gasteiger partial charge in [-0.2, -0.15) is 0 Å². The molecule has 11 heteroatoms. The van der Waals surface area contributed by atoms with Crippen LogP contribution in [0.5, 0.6) is 0 Å². The molecule has 0 amide bonds. The van der Waals surface area contributed by atoms with Gasteiger partial charge >= 0.3 is 0 Å². The predicted octanol–water partition coefficient (Wildman–Crippen LogP) is 5.52. The molecular formula is C31H35F2N5O3S. The van der Waals surface area contributed by atoms with E-state index >= 15 is 4.39 Å². The number of hydrogen-bond donors (Lipinski definition) is 1. The number of anilines is 1. The Bertz CT molecular complexity index is 1660. The lowest BCUT2D eigenvalue weighted by molar-refractivity contribution is 0.186. The highest BCUT2D eigenvalue weighted by Gasteiger charge is 2.23. The second kappa shape index (κ2) is 12.8. The number of rotatable bonds is 10. The van der Waals surface area contributed by atoms with Crippen LogP contribution in [0.15, 0.2) is 54.7 Å². The molecule has 1 aliphatic carbocycles. The third-order valence-corrected chi connectivity index (χ3v) is 9.23. The molecule has 0 spiro atoms. The summed E-state index contributed by atoms with van der Waals surface area (Å²) >= 11 is 0. The fourth-order valence-corrected chi connectivity index (χ4v) is 6.95. The zero-order valence-electron chi connectivity index (χ0n) is 24.0. The molecule has 2 heterocycles. The Hall–Kier alpha value is -3.54. The van der Waals surface area contributed by atoms with Crippen LogP contribution in [-0.2, 0) is 32.7 Å². The van der Waals surface area contributed by atoms with Crippen molar-refractivity contribution in [1.82, 2.24) is 19.9 Å². The summed E-state index contributed by atoms with van der Waals surface area (Å²) in [6.45, 7) is 0.276. The van der Waals surface area contributed by atoms with Crippen molar-refractivity contribution in [2.24, 2.45) is 0 Å². The van der Waals surface area contributed by atoms with Gasteiger partial charge < -0.3 is 15.0 Å². The third-order valence-electron chi connectivity index (χ3n) is 7.71. The minimum atomic E-state index is -3.68. The number of methoxy groups -OCH3 is 1. The Morgan fingerprint density at radius 2 is 1.69 bits per heavy atom. The van der Waals surface area contributed by atoms with Crippen molar-refractivity contribution in [3.8, 4) is 11.3 Å². The van der Waals surface area contributed by atoms with Gasteiger partial charge in [-0.25, -0.2) is 32.2 Å². The van der Waals surface area contributed by atoms with Crippen LogP contribution in [0.1, 0.15) is 42.4 Å². The van der Waals surface area contributed by atoms with E-state index in [-0.39, 0.29) is 17.9 Å². The van der Waals surface area contributed by atoms with Crippen LogP contribution in [-0.4, -0.2) is 61.6 Å². The first-order valence-corrected chi connectivity index (χ1v) is 15.7. The van der Waals surface area contributed by atoms with Gasteiger partial charge in [-0.3, -0.25) is 0 Å². The van der Waals surface area contributed by atoms with Crippen LogP contribution < -0.4 is 5.32 Å². The molecule has 8 nitrogen and oxygen atoms in total. The zero-order chi connectivity index (χ0) is 29.9. The molecule has 42 heavy (non-hydrogen) atoms. The van der Waals surface area contributed by atoms with Crippen molar-refractivity contribution in [1.29, 1.82) is 0 Å². The molecule has 0 aliphatic heterocycles. The molecule has 1 aliphatic rings. The molecule has 0 saturated heterocycles. The van der Waals surface area contributed by atoms with Crippen LogP contribution in [0, 0.1) is 11.6 Å². The molecular weight excluding hydrogens is 560 g/mol. The maximum Gasteiger partial charge on any atom is 0.223 e. The van der Waals surface area contributed by atoms with E-state index in [1.165, 1.54) is 36.4 Å². The minimum Gasteiger partial charge on any atom is -0.380 e. The van der Waals surface area contributed by atoms with Gasteiger partial charge in [0, 0.05) is 35.9 Å². The van der Waals surface area contributed by atoms with E-state index in [2.05, 4.69) is 34.3 Å². The molecule has 1 fully saturated rings. The van der Waals surface area contributed by atoms with E-state index in [4.69, 9.17) is 9.72 Å². The SMILES string of the molecule is COCc1cc(-c2ccc(CS(=O)(=O)Cc3ccc(F)cc3)c(F)c2)nc2cnc(NC3CCC(N(C)C)CC3)nc12. The molecule has 0 radical (unpaired) electrons. The molecule has 0 atom stereocenters. The summed E-state index contributed by atoms with van der Waals surface area (Å²) in [6, 6.07) is 12.3.